The van der Waals surface area contributed by atoms with Crippen molar-refractivity contribution in [3.63, 3.8) is 0 Å². The van der Waals surface area contributed by atoms with Gasteiger partial charge in [0.1, 0.15) is 0 Å². The van der Waals surface area contributed by atoms with E-state index in [2.05, 4.69) is 17.5 Å². The molecule has 3 aromatic rings. The number of methoxy groups -OCH3 is 2. The van der Waals surface area contributed by atoms with Crippen LogP contribution in [0.3, 0.4) is 0 Å². The molecule has 0 fully saturated rings. The molecule has 2 aromatic heterocycles. The number of ether oxygens (including phenoxy) is 2. The van der Waals surface area contributed by atoms with Crippen LogP contribution >= 0.6 is 0 Å². The van der Waals surface area contributed by atoms with Gasteiger partial charge in [-0.3, -0.25) is 9.20 Å². The van der Waals surface area contributed by atoms with Crippen molar-refractivity contribution in [1.29, 1.82) is 0 Å². The van der Waals surface area contributed by atoms with Crippen LogP contribution in [-0.4, -0.2) is 31.7 Å². The number of nitrogens with zero attached hydrogens (tertiary/aromatic N) is 1. The lowest BCUT2D eigenvalue weighted by Gasteiger charge is -2.15. The lowest BCUT2D eigenvalue weighted by Crippen LogP contribution is -2.20. The van der Waals surface area contributed by atoms with Gasteiger partial charge in [-0.25, -0.2) is 0 Å². The number of rotatable bonds is 4. The molecule has 4 rings (SSSR count). The molecule has 0 aliphatic carbocycles. The molecule has 0 amide bonds. The summed E-state index contributed by atoms with van der Waals surface area (Å²) < 4.78 is 12.4. The Hall–Kier alpha value is -3.05. The first kappa shape index (κ1) is 17.4. The first-order valence-electron chi connectivity index (χ1n) is 8.98. The van der Waals surface area contributed by atoms with Crippen molar-refractivity contribution < 1.29 is 9.47 Å². The Morgan fingerprint density at radius 1 is 0.926 bits per heavy atom. The van der Waals surface area contributed by atoms with Crippen molar-refractivity contribution in [2.24, 2.45) is 0 Å². The maximum absolute atomic E-state index is 12.8. The van der Waals surface area contributed by atoms with Gasteiger partial charge in [-0.2, -0.15) is 0 Å². The maximum atomic E-state index is 12.8. The van der Waals surface area contributed by atoms with Crippen LogP contribution in [0.2, 0.25) is 0 Å². The predicted molar refractivity (Wildman–Crippen MR) is 108 cm³/mol. The first-order chi connectivity index (χ1) is 13.2. The largest absolute Gasteiger partial charge is 0.493 e. The SMILES string of the molecule is COc1ccc(-c2cc(=O)n3cc(C4=CCNCC4)ccc3c2)cc1OC. The lowest BCUT2D eigenvalue weighted by molar-refractivity contribution is 0.355. The number of hydrogen-bond donors (Lipinski definition) is 1. The minimum absolute atomic E-state index is 0.0475. The van der Waals surface area contributed by atoms with Crippen LogP contribution in [0.25, 0.3) is 22.2 Å². The molecule has 5 nitrogen and oxygen atoms in total. The third-order valence-electron chi connectivity index (χ3n) is 4.95. The molecule has 0 atom stereocenters. The summed E-state index contributed by atoms with van der Waals surface area (Å²) in [5, 5.41) is 3.31. The van der Waals surface area contributed by atoms with Gasteiger partial charge in [0.2, 0.25) is 0 Å². The van der Waals surface area contributed by atoms with Gasteiger partial charge >= 0.3 is 0 Å². The summed E-state index contributed by atoms with van der Waals surface area (Å²) >= 11 is 0. The topological polar surface area (TPSA) is 52.0 Å². The molecular formula is C22H22N2O3. The summed E-state index contributed by atoms with van der Waals surface area (Å²) in [5.74, 6) is 1.31. The van der Waals surface area contributed by atoms with Crippen molar-refractivity contribution in [2.45, 2.75) is 6.42 Å². The monoisotopic (exact) mass is 362 g/mol. The number of benzene rings is 1. The smallest absolute Gasteiger partial charge is 0.255 e. The summed E-state index contributed by atoms with van der Waals surface area (Å²) in [5.41, 5.74) is 4.97. The van der Waals surface area contributed by atoms with Crippen molar-refractivity contribution in [3.05, 3.63) is 70.7 Å². The third kappa shape index (κ3) is 3.34. The molecule has 0 radical (unpaired) electrons. The molecule has 0 bridgehead atoms. The highest BCUT2D eigenvalue weighted by molar-refractivity contribution is 5.73. The second-order valence-corrected chi connectivity index (χ2v) is 6.55. The van der Waals surface area contributed by atoms with Crippen molar-refractivity contribution >= 4 is 11.1 Å². The van der Waals surface area contributed by atoms with Gasteiger partial charge in [-0.15, -0.1) is 0 Å². The molecule has 0 unspecified atom stereocenters. The van der Waals surface area contributed by atoms with E-state index in [9.17, 15) is 4.79 Å². The average molecular weight is 362 g/mol. The van der Waals surface area contributed by atoms with Gasteiger partial charge in [0, 0.05) is 24.3 Å². The van der Waals surface area contributed by atoms with Gasteiger partial charge in [0.05, 0.1) is 14.2 Å². The number of aromatic nitrogens is 1. The minimum atomic E-state index is -0.0475. The van der Waals surface area contributed by atoms with Crippen molar-refractivity contribution in [3.8, 4) is 22.6 Å². The molecule has 0 saturated carbocycles. The van der Waals surface area contributed by atoms with E-state index >= 15 is 0 Å². The standard InChI is InChI=1S/C22H22N2O3/c1-26-20-6-4-16(12-21(20)27-2)18-11-19-5-3-17(14-24(19)22(25)13-18)15-7-9-23-10-8-15/h3-7,11-14,23H,8-10H2,1-2H3. The van der Waals surface area contributed by atoms with Crippen LogP contribution in [-0.2, 0) is 0 Å². The molecule has 1 N–H and O–H groups in total. The molecule has 5 heteroatoms. The fraction of sp³-hybridized carbons (Fsp3) is 0.227. The summed E-state index contributed by atoms with van der Waals surface area (Å²) in [7, 11) is 3.21. The Morgan fingerprint density at radius 3 is 2.48 bits per heavy atom. The van der Waals surface area contributed by atoms with Crippen LogP contribution in [0.5, 0.6) is 11.5 Å². The van der Waals surface area contributed by atoms with Gasteiger partial charge in [-0.1, -0.05) is 18.2 Å². The highest BCUT2D eigenvalue weighted by atomic mass is 16.5. The van der Waals surface area contributed by atoms with Crippen LogP contribution in [0, 0.1) is 0 Å². The predicted octanol–water partition coefficient (Wildman–Crippen LogP) is 3.36. The van der Waals surface area contributed by atoms with Gasteiger partial charge in [-0.05, 0) is 59.5 Å². The third-order valence-corrected chi connectivity index (χ3v) is 4.95. The summed E-state index contributed by atoms with van der Waals surface area (Å²) in [4.78, 5) is 12.8. The molecule has 3 heterocycles. The zero-order valence-electron chi connectivity index (χ0n) is 15.5. The molecule has 27 heavy (non-hydrogen) atoms. The van der Waals surface area contributed by atoms with E-state index < -0.39 is 0 Å². The first-order valence-corrected chi connectivity index (χ1v) is 8.98. The summed E-state index contributed by atoms with van der Waals surface area (Å²) in [6, 6.07) is 13.4. The maximum Gasteiger partial charge on any atom is 0.255 e. The number of nitrogens with one attached hydrogen (secondary N) is 1. The molecule has 1 aliphatic heterocycles. The Bertz CT molecular complexity index is 1080. The Kier molecular flexibility index (Phi) is 4.69. The number of fused-ring (bicyclic) bond motifs is 1. The average Bonchev–Trinajstić information content (AvgIpc) is 2.73. The lowest BCUT2D eigenvalue weighted by atomic mass is 10.0. The second-order valence-electron chi connectivity index (χ2n) is 6.55. The number of pyridine rings is 2. The van der Waals surface area contributed by atoms with E-state index in [-0.39, 0.29) is 5.56 Å². The fourth-order valence-electron chi connectivity index (χ4n) is 3.48. The molecule has 1 aromatic carbocycles. The second kappa shape index (κ2) is 7.29. The summed E-state index contributed by atoms with van der Waals surface area (Å²) in [6.07, 6.45) is 5.10. The van der Waals surface area contributed by atoms with Gasteiger partial charge < -0.3 is 14.8 Å². The van der Waals surface area contributed by atoms with E-state index in [4.69, 9.17) is 9.47 Å². The Morgan fingerprint density at radius 2 is 1.74 bits per heavy atom. The molecular weight excluding hydrogens is 340 g/mol. The zero-order chi connectivity index (χ0) is 18.8. The van der Waals surface area contributed by atoms with Crippen LogP contribution in [0.1, 0.15) is 12.0 Å². The zero-order valence-corrected chi connectivity index (χ0v) is 15.5. The quantitative estimate of drug-likeness (QED) is 0.773. The highest BCUT2D eigenvalue weighted by Crippen LogP contribution is 2.32. The Balaban J connectivity index is 1.78. The van der Waals surface area contributed by atoms with E-state index in [0.29, 0.717) is 11.5 Å². The fourth-order valence-corrected chi connectivity index (χ4v) is 3.48. The highest BCUT2D eigenvalue weighted by Gasteiger charge is 2.10. The number of hydrogen-bond acceptors (Lipinski definition) is 4. The van der Waals surface area contributed by atoms with Crippen molar-refractivity contribution in [2.75, 3.05) is 27.3 Å². The minimum Gasteiger partial charge on any atom is -0.493 e. The van der Waals surface area contributed by atoms with Crippen LogP contribution in [0.4, 0.5) is 0 Å². The van der Waals surface area contributed by atoms with E-state index in [1.54, 1.807) is 24.7 Å². The molecule has 0 saturated heterocycles. The Labute approximate surface area is 157 Å². The van der Waals surface area contributed by atoms with Crippen LogP contribution < -0.4 is 20.3 Å². The molecule has 1 aliphatic rings. The van der Waals surface area contributed by atoms with Crippen LogP contribution in [0.15, 0.2) is 59.5 Å². The molecule has 138 valence electrons. The van der Waals surface area contributed by atoms with E-state index in [1.165, 1.54) is 5.57 Å². The van der Waals surface area contributed by atoms with E-state index in [0.717, 1.165) is 41.7 Å². The normalized spacial score (nSPS) is 14.1. The molecule has 0 spiro atoms. The summed E-state index contributed by atoms with van der Waals surface area (Å²) in [6.45, 7) is 1.84. The van der Waals surface area contributed by atoms with Gasteiger partial charge in [0.15, 0.2) is 11.5 Å². The van der Waals surface area contributed by atoms with E-state index in [1.807, 2.05) is 36.5 Å². The van der Waals surface area contributed by atoms with Crippen molar-refractivity contribution in [1.82, 2.24) is 9.72 Å². The van der Waals surface area contributed by atoms with Gasteiger partial charge in [0.25, 0.3) is 5.56 Å².